The monoisotopic (exact) mass is 266 g/mol. The maximum absolute atomic E-state index is 11.9. The highest BCUT2D eigenvalue weighted by molar-refractivity contribution is 5.80. The van der Waals surface area contributed by atoms with E-state index in [2.05, 4.69) is 11.4 Å². The number of phenols is 1. The highest BCUT2D eigenvalue weighted by Crippen LogP contribution is 2.17. The van der Waals surface area contributed by atoms with E-state index in [0.29, 0.717) is 5.56 Å². The molecule has 100 valence electrons. The lowest BCUT2D eigenvalue weighted by Gasteiger charge is -2.12. The molecule has 2 aromatic rings. The number of para-hydroxylation sites is 1. The Bertz CT molecular complexity index is 632. The number of hydrogen-bond acceptors (Lipinski definition) is 3. The molecule has 0 heterocycles. The molecule has 20 heavy (non-hydrogen) atoms. The van der Waals surface area contributed by atoms with Crippen LogP contribution in [-0.2, 0) is 11.2 Å². The van der Waals surface area contributed by atoms with Crippen molar-refractivity contribution in [2.75, 3.05) is 0 Å². The summed E-state index contributed by atoms with van der Waals surface area (Å²) in [7, 11) is 0. The fourth-order valence-electron chi connectivity index (χ4n) is 1.88. The van der Waals surface area contributed by atoms with E-state index in [0.717, 1.165) is 5.56 Å². The summed E-state index contributed by atoms with van der Waals surface area (Å²) in [5, 5.41) is 21.4. The molecule has 0 spiro atoms. The first-order chi connectivity index (χ1) is 9.70. The van der Waals surface area contributed by atoms with Crippen molar-refractivity contribution in [3.8, 4) is 11.8 Å². The molecule has 2 rings (SSSR count). The Morgan fingerprint density at radius 1 is 1.15 bits per heavy atom. The number of benzene rings is 2. The zero-order valence-corrected chi connectivity index (χ0v) is 10.8. The van der Waals surface area contributed by atoms with Crippen LogP contribution in [0.25, 0.3) is 0 Å². The Hall–Kier alpha value is -2.80. The van der Waals surface area contributed by atoms with Crippen LogP contribution < -0.4 is 5.32 Å². The summed E-state index contributed by atoms with van der Waals surface area (Å²) in [6.07, 6.45) is 0.0394. The predicted molar refractivity (Wildman–Crippen MR) is 74.7 cm³/mol. The molecule has 4 heteroatoms. The number of nitrogens with one attached hydrogen (secondary N) is 1. The molecule has 1 amide bonds. The molecule has 1 unspecified atom stereocenters. The average molecular weight is 266 g/mol. The van der Waals surface area contributed by atoms with E-state index in [1.165, 1.54) is 6.07 Å². The molecule has 0 radical (unpaired) electrons. The van der Waals surface area contributed by atoms with Crippen LogP contribution in [0.15, 0.2) is 54.6 Å². The van der Waals surface area contributed by atoms with Crippen molar-refractivity contribution in [3.63, 3.8) is 0 Å². The number of amides is 1. The van der Waals surface area contributed by atoms with Crippen molar-refractivity contribution >= 4 is 5.91 Å². The van der Waals surface area contributed by atoms with Gasteiger partial charge in [-0.25, -0.2) is 0 Å². The molecule has 0 aromatic heterocycles. The van der Waals surface area contributed by atoms with Gasteiger partial charge in [0.2, 0.25) is 5.91 Å². The summed E-state index contributed by atoms with van der Waals surface area (Å²) in [6, 6.07) is 17.1. The van der Waals surface area contributed by atoms with Gasteiger partial charge in [-0.05, 0) is 11.6 Å². The van der Waals surface area contributed by atoms with Crippen molar-refractivity contribution in [3.05, 3.63) is 65.7 Å². The van der Waals surface area contributed by atoms with Gasteiger partial charge in [0, 0.05) is 5.56 Å². The lowest BCUT2D eigenvalue weighted by Crippen LogP contribution is -2.29. The molecule has 0 saturated carbocycles. The summed E-state index contributed by atoms with van der Waals surface area (Å²) >= 11 is 0. The Morgan fingerprint density at radius 2 is 1.80 bits per heavy atom. The van der Waals surface area contributed by atoms with Crippen LogP contribution >= 0.6 is 0 Å². The van der Waals surface area contributed by atoms with Crippen molar-refractivity contribution < 1.29 is 9.90 Å². The fraction of sp³-hybridized carbons (Fsp3) is 0.125. The second kappa shape index (κ2) is 6.39. The second-order valence-corrected chi connectivity index (χ2v) is 4.35. The van der Waals surface area contributed by atoms with E-state index < -0.39 is 6.04 Å². The third-order valence-corrected chi connectivity index (χ3v) is 2.91. The first-order valence-electron chi connectivity index (χ1n) is 6.21. The van der Waals surface area contributed by atoms with Crippen molar-refractivity contribution in [1.29, 1.82) is 5.26 Å². The van der Waals surface area contributed by atoms with Crippen molar-refractivity contribution in [2.45, 2.75) is 12.5 Å². The third kappa shape index (κ3) is 3.36. The lowest BCUT2D eigenvalue weighted by atomic mass is 10.1. The number of aromatic hydroxyl groups is 1. The first-order valence-corrected chi connectivity index (χ1v) is 6.21. The van der Waals surface area contributed by atoms with Gasteiger partial charge in [-0.3, -0.25) is 4.79 Å². The topological polar surface area (TPSA) is 73.1 Å². The molecular weight excluding hydrogens is 252 g/mol. The summed E-state index contributed by atoms with van der Waals surface area (Å²) < 4.78 is 0. The molecule has 2 aromatic carbocycles. The molecule has 0 aliphatic rings. The Labute approximate surface area is 117 Å². The van der Waals surface area contributed by atoms with E-state index in [-0.39, 0.29) is 18.1 Å². The molecule has 2 N–H and O–H groups in total. The van der Waals surface area contributed by atoms with Gasteiger partial charge in [-0.2, -0.15) is 5.26 Å². The normalized spacial score (nSPS) is 11.3. The SMILES string of the molecule is N#CC(NC(=O)Cc1ccccc1O)c1ccccc1. The summed E-state index contributed by atoms with van der Waals surface area (Å²) in [5.41, 5.74) is 1.27. The molecule has 0 fully saturated rings. The molecule has 0 aliphatic carbocycles. The minimum absolute atomic E-state index is 0.0394. The van der Waals surface area contributed by atoms with Crippen LogP contribution in [0.4, 0.5) is 0 Å². The quantitative estimate of drug-likeness (QED) is 0.891. The van der Waals surface area contributed by atoms with Gasteiger partial charge in [-0.15, -0.1) is 0 Å². The zero-order chi connectivity index (χ0) is 14.4. The average Bonchev–Trinajstić information content (AvgIpc) is 2.48. The predicted octanol–water partition coefficient (Wildman–Crippen LogP) is 2.32. The van der Waals surface area contributed by atoms with E-state index in [1.54, 1.807) is 30.3 Å². The number of carbonyl (C=O) groups is 1. The van der Waals surface area contributed by atoms with Crippen LogP contribution in [0.5, 0.6) is 5.75 Å². The highest BCUT2D eigenvalue weighted by Gasteiger charge is 2.14. The van der Waals surface area contributed by atoms with Crippen LogP contribution in [0.2, 0.25) is 0 Å². The minimum Gasteiger partial charge on any atom is -0.508 e. The number of phenolic OH excluding ortho intramolecular Hbond substituents is 1. The number of rotatable bonds is 4. The molecule has 4 nitrogen and oxygen atoms in total. The van der Waals surface area contributed by atoms with Crippen LogP contribution in [0.3, 0.4) is 0 Å². The van der Waals surface area contributed by atoms with Gasteiger partial charge in [0.15, 0.2) is 0 Å². The van der Waals surface area contributed by atoms with E-state index in [9.17, 15) is 9.90 Å². The molecular formula is C16H14N2O2. The summed E-state index contributed by atoms with van der Waals surface area (Å²) in [5.74, 6) is -0.224. The number of hydrogen-bond donors (Lipinski definition) is 2. The fourth-order valence-corrected chi connectivity index (χ4v) is 1.88. The molecule has 0 saturated heterocycles. The standard InChI is InChI=1S/C16H14N2O2/c17-11-14(12-6-2-1-3-7-12)18-16(20)10-13-8-4-5-9-15(13)19/h1-9,14,19H,10H2,(H,18,20). The van der Waals surface area contributed by atoms with Gasteiger partial charge < -0.3 is 10.4 Å². The Balaban J connectivity index is 2.04. The lowest BCUT2D eigenvalue weighted by molar-refractivity contribution is -0.120. The van der Waals surface area contributed by atoms with Crippen LogP contribution in [0, 0.1) is 11.3 Å². The van der Waals surface area contributed by atoms with Gasteiger partial charge in [-0.1, -0.05) is 48.5 Å². The first kappa shape index (κ1) is 13.6. The zero-order valence-electron chi connectivity index (χ0n) is 10.8. The molecule has 1 atom stereocenters. The molecule has 0 bridgehead atoms. The summed E-state index contributed by atoms with van der Waals surface area (Å²) in [4.78, 5) is 11.9. The number of nitriles is 1. The van der Waals surface area contributed by atoms with Crippen LogP contribution in [-0.4, -0.2) is 11.0 Å². The number of carbonyl (C=O) groups excluding carboxylic acids is 1. The van der Waals surface area contributed by atoms with E-state index >= 15 is 0 Å². The van der Waals surface area contributed by atoms with E-state index in [4.69, 9.17) is 5.26 Å². The number of nitrogens with zero attached hydrogens (tertiary/aromatic N) is 1. The van der Waals surface area contributed by atoms with Gasteiger partial charge in [0.05, 0.1) is 12.5 Å². The minimum atomic E-state index is -0.686. The van der Waals surface area contributed by atoms with Gasteiger partial charge in [0.25, 0.3) is 0 Å². The Morgan fingerprint density at radius 3 is 2.45 bits per heavy atom. The molecule has 0 aliphatic heterocycles. The Kier molecular flexibility index (Phi) is 4.35. The van der Waals surface area contributed by atoms with Gasteiger partial charge in [0.1, 0.15) is 11.8 Å². The maximum Gasteiger partial charge on any atom is 0.225 e. The van der Waals surface area contributed by atoms with Gasteiger partial charge >= 0.3 is 0 Å². The highest BCUT2D eigenvalue weighted by atomic mass is 16.3. The van der Waals surface area contributed by atoms with Crippen LogP contribution in [0.1, 0.15) is 17.2 Å². The third-order valence-electron chi connectivity index (χ3n) is 2.91. The van der Waals surface area contributed by atoms with Crippen molar-refractivity contribution in [2.24, 2.45) is 0 Å². The maximum atomic E-state index is 11.9. The largest absolute Gasteiger partial charge is 0.508 e. The van der Waals surface area contributed by atoms with E-state index in [1.807, 2.05) is 18.2 Å². The summed E-state index contributed by atoms with van der Waals surface area (Å²) in [6.45, 7) is 0. The van der Waals surface area contributed by atoms with Crippen molar-refractivity contribution in [1.82, 2.24) is 5.32 Å². The second-order valence-electron chi connectivity index (χ2n) is 4.35. The smallest absolute Gasteiger partial charge is 0.225 e.